The van der Waals surface area contributed by atoms with Crippen LogP contribution in [0.25, 0.3) is 0 Å². The average Bonchev–Trinajstić information content (AvgIpc) is 3.03. The van der Waals surface area contributed by atoms with Crippen LogP contribution in [-0.2, 0) is 19.7 Å². The van der Waals surface area contributed by atoms with E-state index in [1.165, 1.54) is 0 Å². The Morgan fingerprint density at radius 3 is 2.72 bits per heavy atom. The van der Waals surface area contributed by atoms with Crippen molar-refractivity contribution in [1.29, 1.82) is 0 Å². The Morgan fingerprint density at radius 2 is 2.08 bits per heavy atom. The predicted molar refractivity (Wildman–Crippen MR) is 101 cm³/mol. The summed E-state index contributed by atoms with van der Waals surface area (Å²) in [4.78, 5) is 26.3. The maximum atomic E-state index is 12.2. The van der Waals surface area contributed by atoms with Crippen molar-refractivity contribution in [3.05, 3.63) is 22.1 Å². The molecule has 25 heavy (non-hydrogen) atoms. The average molecular weight is 425 g/mol. The van der Waals surface area contributed by atoms with Gasteiger partial charge in [-0.05, 0) is 18.6 Å². The molecule has 138 valence electrons. The van der Waals surface area contributed by atoms with E-state index in [-0.39, 0.29) is 10.1 Å². The van der Waals surface area contributed by atoms with Crippen LogP contribution in [0.4, 0.5) is 0 Å². The number of thiocarbonyl (C=S) groups is 1. The van der Waals surface area contributed by atoms with E-state index in [9.17, 15) is 18.0 Å². The Kier molecular flexibility index (Phi) is 6.91. The molecule has 0 unspecified atom stereocenters. The Balaban J connectivity index is 2.01. The molecule has 0 aromatic carbocycles. The van der Waals surface area contributed by atoms with Gasteiger partial charge in [-0.2, -0.15) is 8.42 Å². The van der Waals surface area contributed by atoms with Crippen LogP contribution in [0.2, 0.25) is 0 Å². The molecule has 0 radical (unpaired) electrons. The standard InChI is InChI=1S/C13H16N2O6S4/c16-11(17)8-15-12(18)9(24-13(15)22)2-3-10-14(5-6-23-10)4-1-7-25(19,20)21/h2-3H,1,4-8H2,(H,16,17)(H,19,20,21)/b9-2-,10-3-. The van der Waals surface area contributed by atoms with E-state index in [2.05, 4.69) is 0 Å². The van der Waals surface area contributed by atoms with Crippen LogP contribution < -0.4 is 0 Å². The van der Waals surface area contributed by atoms with Crippen LogP contribution in [0.5, 0.6) is 0 Å². The molecule has 2 rings (SSSR count). The molecule has 2 heterocycles. The molecule has 2 aliphatic heterocycles. The van der Waals surface area contributed by atoms with E-state index in [0.29, 0.717) is 17.9 Å². The zero-order valence-electron chi connectivity index (χ0n) is 13.0. The third-order valence-electron chi connectivity index (χ3n) is 3.30. The summed E-state index contributed by atoms with van der Waals surface area (Å²) < 4.78 is 30.5. The Hall–Kier alpha value is -1.08. The van der Waals surface area contributed by atoms with E-state index in [1.54, 1.807) is 23.9 Å². The van der Waals surface area contributed by atoms with Crippen molar-refractivity contribution in [2.45, 2.75) is 6.42 Å². The molecule has 2 fully saturated rings. The van der Waals surface area contributed by atoms with Crippen molar-refractivity contribution < 1.29 is 27.7 Å². The minimum atomic E-state index is -3.97. The Morgan fingerprint density at radius 1 is 1.36 bits per heavy atom. The van der Waals surface area contributed by atoms with Gasteiger partial charge in [0.2, 0.25) is 0 Å². The van der Waals surface area contributed by atoms with E-state index >= 15 is 0 Å². The summed E-state index contributed by atoms with van der Waals surface area (Å²) in [5.74, 6) is -1.02. The number of aliphatic carboxylic acids is 1. The van der Waals surface area contributed by atoms with Crippen LogP contribution in [0.3, 0.4) is 0 Å². The zero-order valence-corrected chi connectivity index (χ0v) is 16.2. The first-order chi connectivity index (χ1) is 11.7. The van der Waals surface area contributed by atoms with Gasteiger partial charge in [0.1, 0.15) is 10.9 Å². The SMILES string of the molecule is O=C(O)CN1C(=O)/C(=C/C=C2\SCCN2CCCS(=O)(=O)O)SC1=S. The first-order valence-electron chi connectivity index (χ1n) is 7.18. The first-order valence-corrected chi connectivity index (χ1v) is 11.0. The maximum absolute atomic E-state index is 12.2. The largest absolute Gasteiger partial charge is 0.480 e. The maximum Gasteiger partial charge on any atom is 0.323 e. The second-order valence-electron chi connectivity index (χ2n) is 5.16. The number of hydrogen-bond acceptors (Lipinski definition) is 8. The van der Waals surface area contributed by atoms with Crippen LogP contribution >= 0.6 is 35.7 Å². The molecule has 2 saturated heterocycles. The van der Waals surface area contributed by atoms with E-state index in [4.69, 9.17) is 21.9 Å². The fourth-order valence-electron chi connectivity index (χ4n) is 2.21. The number of hydrogen-bond donors (Lipinski definition) is 2. The molecule has 0 saturated carbocycles. The van der Waals surface area contributed by atoms with Gasteiger partial charge in [-0.15, -0.1) is 11.8 Å². The highest BCUT2D eigenvalue weighted by atomic mass is 32.2. The highest BCUT2D eigenvalue weighted by Crippen LogP contribution is 2.33. The van der Waals surface area contributed by atoms with E-state index in [0.717, 1.165) is 34.0 Å². The molecule has 2 aliphatic rings. The molecular weight excluding hydrogens is 408 g/mol. The van der Waals surface area contributed by atoms with Crippen LogP contribution in [0.1, 0.15) is 6.42 Å². The number of carbonyl (C=O) groups is 2. The monoisotopic (exact) mass is 424 g/mol. The van der Waals surface area contributed by atoms with Gasteiger partial charge in [0.05, 0.1) is 15.7 Å². The summed E-state index contributed by atoms with van der Waals surface area (Å²) in [6.45, 7) is 0.761. The van der Waals surface area contributed by atoms with Gasteiger partial charge in [-0.1, -0.05) is 24.0 Å². The smallest absolute Gasteiger partial charge is 0.323 e. The summed E-state index contributed by atoms with van der Waals surface area (Å²) in [7, 11) is -3.97. The highest BCUT2D eigenvalue weighted by Gasteiger charge is 2.33. The lowest BCUT2D eigenvalue weighted by molar-refractivity contribution is -0.140. The molecule has 12 heteroatoms. The minimum Gasteiger partial charge on any atom is -0.480 e. The number of amides is 1. The molecule has 0 spiro atoms. The summed E-state index contributed by atoms with van der Waals surface area (Å²) in [6.07, 6.45) is 3.65. The molecule has 2 N–H and O–H groups in total. The van der Waals surface area contributed by atoms with Gasteiger partial charge < -0.3 is 10.0 Å². The van der Waals surface area contributed by atoms with Gasteiger partial charge in [-0.3, -0.25) is 19.0 Å². The molecule has 1 amide bonds. The summed E-state index contributed by atoms with van der Waals surface area (Å²) >= 11 is 7.65. The second-order valence-corrected chi connectivity index (χ2v) is 9.53. The third kappa shape index (κ3) is 5.99. The van der Waals surface area contributed by atoms with E-state index in [1.807, 2.05) is 4.90 Å². The number of nitrogens with zero attached hydrogens (tertiary/aromatic N) is 2. The van der Waals surface area contributed by atoms with Gasteiger partial charge in [-0.25, -0.2) is 0 Å². The van der Waals surface area contributed by atoms with Crippen molar-refractivity contribution in [2.75, 3.05) is 31.1 Å². The Bertz CT molecular complexity index is 746. The van der Waals surface area contributed by atoms with Crippen LogP contribution in [0, 0.1) is 0 Å². The topological polar surface area (TPSA) is 115 Å². The minimum absolute atomic E-state index is 0.209. The van der Waals surface area contributed by atoms with Crippen molar-refractivity contribution in [3.8, 4) is 0 Å². The number of carboxylic acid groups (broad SMARTS) is 1. The van der Waals surface area contributed by atoms with E-state index < -0.39 is 28.5 Å². The molecule has 8 nitrogen and oxygen atoms in total. The lowest BCUT2D eigenvalue weighted by Gasteiger charge is -2.18. The first kappa shape index (κ1) is 20.2. The van der Waals surface area contributed by atoms with Crippen molar-refractivity contribution in [2.24, 2.45) is 0 Å². The molecule has 0 aromatic heterocycles. The number of carbonyl (C=O) groups excluding carboxylic acids is 1. The summed E-state index contributed by atoms with van der Waals surface area (Å²) in [5.41, 5.74) is 0. The molecule has 0 bridgehead atoms. The quantitative estimate of drug-likeness (QED) is 0.348. The Labute approximate surface area is 159 Å². The highest BCUT2D eigenvalue weighted by molar-refractivity contribution is 8.26. The van der Waals surface area contributed by atoms with Gasteiger partial charge in [0.15, 0.2) is 0 Å². The molecule has 0 aliphatic carbocycles. The van der Waals surface area contributed by atoms with Gasteiger partial charge >= 0.3 is 5.97 Å². The third-order valence-corrected chi connectivity index (χ3v) is 6.57. The zero-order chi connectivity index (χ0) is 18.6. The van der Waals surface area contributed by atoms with Crippen LogP contribution in [0.15, 0.2) is 22.1 Å². The summed E-state index contributed by atoms with van der Waals surface area (Å²) in [6, 6.07) is 0. The second kappa shape index (κ2) is 8.54. The van der Waals surface area contributed by atoms with Crippen molar-refractivity contribution in [1.82, 2.24) is 9.80 Å². The van der Waals surface area contributed by atoms with Gasteiger partial charge in [0, 0.05) is 18.8 Å². The number of rotatable bonds is 7. The number of allylic oxidation sites excluding steroid dienone is 2. The molecule has 0 atom stereocenters. The lowest BCUT2D eigenvalue weighted by Crippen LogP contribution is -2.33. The fourth-order valence-corrected chi connectivity index (χ4v) is 4.95. The predicted octanol–water partition coefficient (Wildman–Crippen LogP) is 0.983. The molecule has 0 aromatic rings. The van der Waals surface area contributed by atoms with Crippen molar-refractivity contribution >= 4 is 62.1 Å². The number of carboxylic acids is 1. The number of thioether (sulfide) groups is 2. The molecular formula is C13H16N2O6S4. The normalized spacial score (nSPS) is 21.8. The fraction of sp³-hybridized carbons (Fsp3) is 0.462. The van der Waals surface area contributed by atoms with Gasteiger partial charge in [0.25, 0.3) is 16.0 Å². The van der Waals surface area contributed by atoms with Crippen LogP contribution in [-0.4, -0.2) is 75.2 Å². The van der Waals surface area contributed by atoms with Crippen molar-refractivity contribution in [3.63, 3.8) is 0 Å². The summed E-state index contributed by atoms with van der Waals surface area (Å²) in [5, 5.41) is 9.70. The lowest BCUT2D eigenvalue weighted by atomic mass is 10.4.